The van der Waals surface area contributed by atoms with Crippen LogP contribution in [0.25, 0.3) is 0 Å². The lowest BCUT2D eigenvalue weighted by Crippen LogP contribution is -2.29. The van der Waals surface area contributed by atoms with Crippen molar-refractivity contribution in [3.8, 4) is 0 Å². The molecular formula is C12H17F2NO. The van der Waals surface area contributed by atoms with Gasteiger partial charge in [0.25, 0.3) is 5.92 Å². The van der Waals surface area contributed by atoms with E-state index in [4.69, 9.17) is 4.74 Å². The van der Waals surface area contributed by atoms with Gasteiger partial charge in [0.15, 0.2) is 0 Å². The molecule has 1 N–H and O–H groups in total. The number of nitrogens with one attached hydrogen (secondary N) is 1. The van der Waals surface area contributed by atoms with Gasteiger partial charge in [-0.25, -0.2) is 0 Å². The molecule has 0 radical (unpaired) electrons. The molecule has 1 unspecified atom stereocenters. The number of hydrogen-bond donors (Lipinski definition) is 1. The third kappa shape index (κ3) is 3.87. The highest BCUT2D eigenvalue weighted by atomic mass is 19.3. The Morgan fingerprint density at radius 1 is 1.31 bits per heavy atom. The Labute approximate surface area is 94.6 Å². The third-order valence-electron chi connectivity index (χ3n) is 2.24. The number of benzene rings is 1. The predicted octanol–water partition coefficient (Wildman–Crippen LogP) is 2.40. The first-order valence-electron chi connectivity index (χ1n) is 5.26. The summed E-state index contributed by atoms with van der Waals surface area (Å²) in [4.78, 5) is 0. The van der Waals surface area contributed by atoms with Crippen molar-refractivity contribution in [1.29, 1.82) is 0 Å². The van der Waals surface area contributed by atoms with Crippen molar-refractivity contribution in [2.24, 2.45) is 0 Å². The van der Waals surface area contributed by atoms with Crippen LogP contribution >= 0.6 is 0 Å². The molecule has 0 saturated carbocycles. The Bertz CT molecular complexity index is 303. The maximum atomic E-state index is 13.6. The molecule has 2 nitrogen and oxygen atoms in total. The van der Waals surface area contributed by atoms with E-state index < -0.39 is 12.5 Å². The molecule has 0 fully saturated rings. The number of likely N-dealkylation sites (N-methyl/N-ethyl adjacent to an activating group) is 1. The van der Waals surface area contributed by atoms with Gasteiger partial charge in [0.2, 0.25) is 0 Å². The van der Waals surface area contributed by atoms with Crippen LogP contribution in [0.4, 0.5) is 8.78 Å². The molecule has 0 saturated heterocycles. The third-order valence-corrected chi connectivity index (χ3v) is 2.24. The van der Waals surface area contributed by atoms with Crippen LogP contribution in [0, 0.1) is 0 Å². The minimum absolute atomic E-state index is 0.00772. The normalized spacial score (nSPS) is 13.8. The smallest absolute Gasteiger partial charge is 0.296 e. The van der Waals surface area contributed by atoms with Crippen molar-refractivity contribution in [3.05, 3.63) is 35.9 Å². The van der Waals surface area contributed by atoms with E-state index in [9.17, 15) is 8.78 Å². The first kappa shape index (κ1) is 13.1. The van der Waals surface area contributed by atoms with Gasteiger partial charge in [-0.3, -0.25) is 0 Å². The van der Waals surface area contributed by atoms with Gasteiger partial charge in [-0.1, -0.05) is 30.3 Å². The van der Waals surface area contributed by atoms with Gasteiger partial charge in [0.1, 0.15) is 6.61 Å². The summed E-state index contributed by atoms with van der Waals surface area (Å²) in [6.45, 7) is 1.74. The standard InChI is InChI=1S/C12H17F2NO/c1-10(8-15-2)16-9-12(13,14)11-6-4-3-5-7-11/h3-7,10,15H,8-9H2,1-2H3. The van der Waals surface area contributed by atoms with Crippen LogP contribution in [-0.4, -0.2) is 26.3 Å². The molecular weight excluding hydrogens is 212 g/mol. The second kappa shape index (κ2) is 5.92. The van der Waals surface area contributed by atoms with Gasteiger partial charge in [-0.2, -0.15) is 8.78 Å². The molecule has 0 aromatic heterocycles. The number of alkyl halides is 2. The second-order valence-corrected chi connectivity index (χ2v) is 3.75. The Balaban J connectivity index is 2.52. The summed E-state index contributed by atoms with van der Waals surface area (Å²) < 4.78 is 32.3. The molecule has 0 amide bonds. The van der Waals surface area contributed by atoms with Gasteiger partial charge in [0.05, 0.1) is 6.10 Å². The SMILES string of the molecule is CNCC(C)OCC(F)(F)c1ccccc1. The van der Waals surface area contributed by atoms with Gasteiger partial charge >= 0.3 is 0 Å². The van der Waals surface area contributed by atoms with Crippen LogP contribution in [-0.2, 0) is 10.7 Å². The highest BCUT2D eigenvalue weighted by molar-refractivity contribution is 5.19. The van der Waals surface area contributed by atoms with E-state index in [1.165, 1.54) is 12.1 Å². The molecule has 0 aliphatic carbocycles. The van der Waals surface area contributed by atoms with Crippen LogP contribution in [0.5, 0.6) is 0 Å². The van der Waals surface area contributed by atoms with Crippen molar-refractivity contribution in [2.75, 3.05) is 20.2 Å². The van der Waals surface area contributed by atoms with E-state index in [1.807, 2.05) is 0 Å². The van der Waals surface area contributed by atoms with Gasteiger partial charge in [-0.15, -0.1) is 0 Å². The highest BCUT2D eigenvalue weighted by Crippen LogP contribution is 2.28. The predicted molar refractivity (Wildman–Crippen MR) is 59.7 cm³/mol. The lowest BCUT2D eigenvalue weighted by atomic mass is 10.1. The maximum absolute atomic E-state index is 13.6. The second-order valence-electron chi connectivity index (χ2n) is 3.75. The molecule has 1 aromatic carbocycles. The Morgan fingerprint density at radius 2 is 1.94 bits per heavy atom. The number of rotatable bonds is 6. The fraction of sp³-hybridized carbons (Fsp3) is 0.500. The van der Waals surface area contributed by atoms with Crippen molar-refractivity contribution in [2.45, 2.75) is 19.0 Å². The Hall–Kier alpha value is -1.00. The summed E-state index contributed by atoms with van der Waals surface area (Å²) in [7, 11) is 1.76. The molecule has 4 heteroatoms. The lowest BCUT2D eigenvalue weighted by Gasteiger charge is -2.20. The molecule has 1 aromatic rings. The van der Waals surface area contributed by atoms with Crippen LogP contribution in [0.1, 0.15) is 12.5 Å². The van der Waals surface area contributed by atoms with E-state index in [-0.39, 0.29) is 11.7 Å². The molecule has 0 bridgehead atoms. The summed E-state index contributed by atoms with van der Waals surface area (Å²) >= 11 is 0. The van der Waals surface area contributed by atoms with E-state index >= 15 is 0 Å². The Kier molecular flexibility index (Phi) is 4.83. The number of hydrogen-bond acceptors (Lipinski definition) is 2. The Morgan fingerprint density at radius 3 is 2.50 bits per heavy atom. The van der Waals surface area contributed by atoms with Crippen molar-refractivity contribution < 1.29 is 13.5 Å². The van der Waals surface area contributed by atoms with Gasteiger partial charge in [0, 0.05) is 12.1 Å². The van der Waals surface area contributed by atoms with Crippen LogP contribution in [0.2, 0.25) is 0 Å². The lowest BCUT2D eigenvalue weighted by molar-refractivity contribution is -0.100. The topological polar surface area (TPSA) is 21.3 Å². The average Bonchev–Trinajstić information content (AvgIpc) is 2.28. The summed E-state index contributed by atoms with van der Waals surface area (Å²) in [5.74, 6) is -2.93. The summed E-state index contributed by atoms with van der Waals surface area (Å²) in [5.41, 5.74) is -0.00772. The van der Waals surface area contributed by atoms with Gasteiger partial charge < -0.3 is 10.1 Å². The summed E-state index contributed by atoms with van der Waals surface area (Å²) in [5, 5.41) is 2.87. The molecule has 90 valence electrons. The molecule has 0 heterocycles. The zero-order valence-corrected chi connectivity index (χ0v) is 9.54. The largest absolute Gasteiger partial charge is 0.371 e. The maximum Gasteiger partial charge on any atom is 0.296 e. The van der Waals surface area contributed by atoms with Gasteiger partial charge in [-0.05, 0) is 14.0 Å². The van der Waals surface area contributed by atoms with Crippen molar-refractivity contribution >= 4 is 0 Å². The fourth-order valence-corrected chi connectivity index (χ4v) is 1.36. The minimum Gasteiger partial charge on any atom is -0.371 e. The van der Waals surface area contributed by atoms with E-state index in [2.05, 4.69) is 5.32 Å². The van der Waals surface area contributed by atoms with Crippen LogP contribution in [0.15, 0.2) is 30.3 Å². The van der Waals surface area contributed by atoms with E-state index in [0.29, 0.717) is 6.54 Å². The zero-order valence-electron chi connectivity index (χ0n) is 9.54. The monoisotopic (exact) mass is 229 g/mol. The van der Waals surface area contributed by atoms with E-state index in [0.717, 1.165) is 0 Å². The quantitative estimate of drug-likeness (QED) is 0.808. The average molecular weight is 229 g/mol. The van der Waals surface area contributed by atoms with Crippen molar-refractivity contribution in [1.82, 2.24) is 5.32 Å². The first-order chi connectivity index (χ1) is 7.56. The summed E-state index contributed by atoms with van der Waals surface area (Å²) in [6, 6.07) is 7.73. The minimum atomic E-state index is -2.93. The highest BCUT2D eigenvalue weighted by Gasteiger charge is 2.32. The molecule has 0 aliphatic heterocycles. The van der Waals surface area contributed by atoms with Crippen LogP contribution in [0.3, 0.4) is 0 Å². The zero-order chi connectivity index (χ0) is 12.0. The molecule has 16 heavy (non-hydrogen) atoms. The van der Waals surface area contributed by atoms with E-state index in [1.54, 1.807) is 32.2 Å². The summed E-state index contributed by atoms with van der Waals surface area (Å²) in [6.07, 6.45) is -0.223. The molecule has 0 spiro atoms. The molecule has 1 atom stereocenters. The molecule has 0 aliphatic rings. The van der Waals surface area contributed by atoms with Crippen molar-refractivity contribution in [3.63, 3.8) is 0 Å². The first-order valence-corrected chi connectivity index (χ1v) is 5.26. The fourth-order valence-electron chi connectivity index (χ4n) is 1.36. The van der Waals surface area contributed by atoms with Crippen LogP contribution < -0.4 is 5.32 Å². The molecule has 1 rings (SSSR count). The number of halogens is 2. The number of ether oxygens (including phenoxy) is 1.